The summed E-state index contributed by atoms with van der Waals surface area (Å²) in [5, 5.41) is 3.15. The van der Waals surface area contributed by atoms with Crippen LogP contribution in [0.4, 0.5) is 5.69 Å². The van der Waals surface area contributed by atoms with Gasteiger partial charge in [-0.05, 0) is 17.7 Å². The fourth-order valence-corrected chi connectivity index (χ4v) is 1.59. The summed E-state index contributed by atoms with van der Waals surface area (Å²) in [6, 6.07) is 17.1. The first-order chi connectivity index (χ1) is 8.31. The van der Waals surface area contributed by atoms with Crippen molar-refractivity contribution in [3.05, 3.63) is 72.3 Å². The molecule has 0 spiro atoms. The lowest BCUT2D eigenvalue weighted by Crippen LogP contribution is -1.99. The third-order valence-corrected chi connectivity index (χ3v) is 2.50. The van der Waals surface area contributed by atoms with Crippen LogP contribution in [0.1, 0.15) is 15.9 Å². The molecule has 84 valence electrons. The van der Waals surface area contributed by atoms with Crippen molar-refractivity contribution >= 4 is 17.7 Å². The lowest BCUT2D eigenvalue weighted by Gasteiger charge is -2.11. The number of anilines is 1. The van der Waals surface area contributed by atoms with Crippen molar-refractivity contribution in [1.29, 1.82) is 0 Å². The Labute approximate surface area is 101 Å². The molecular formula is C15H13NO. The van der Waals surface area contributed by atoms with Crippen molar-refractivity contribution in [2.24, 2.45) is 0 Å². The van der Waals surface area contributed by atoms with Crippen molar-refractivity contribution in [3.63, 3.8) is 0 Å². The summed E-state index contributed by atoms with van der Waals surface area (Å²) in [6.07, 6.45) is 0.834. The van der Waals surface area contributed by atoms with E-state index in [0.717, 1.165) is 23.2 Å². The molecule has 0 aliphatic heterocycles. The Morgan fingerprint density at radius 3 is 2.35 bits per heavy atom. The third-order valence-electron chi connectivity index (χ3n) is 2.50. The second kappa shape index (κ2) is 5.12. The van der Waals surface area contributed by atoms with Gasteiger partial charge in [0.25, 0.3) is 0 Å². The molecule has 2 rings (SSSR count). The van der Waals surface area contributed by atoms with E-state index in [1.807, 2.05) is 48.5 Å². The lowest BCUT2D eigenvalue weighted by atomic mass is 10.1. The first-order valence-corrected chi connectivity index (χ1v) is 5.37. The quantitative estimate of drug-likeness (QED) is 0.803. The molecule has 17 heavy (non-hydrogen) atoms. The Bertz CT molecular complexity index is 532. The minimum atomic E-state index is 0.629. The van der Waals surface area contributed by atoms with Gasteiger partial charge in [-0.2, -0.15) is 0 Å². The molecule has 0 aliphatic rings. The predicted molar refractivity (Wildman–Crippen MR) is 70.9 cm³/mol. The Kier molecular flexibility index (Phi) is 3.36. The molecule has 0 radical (unpaired) electrons. The van der Waals surface area contributed by atoms with Crippen molar-refractivity contribution in [1.82, 2.24) is 0 Å². The number of hydrogen-bond acceptors (Lipinski definition) is 2. The van der Waals surface area contributed by atoms with Crippen LogP contribution in [0.15, 0.2) is 61.2 Å². The highest BCUT2D eigenvalue weighted by molar-refractivity contribution is 5.88. The van der Waals surface area contributed by atoms with E-state index in [9.17, 15) is 4.79 Å². The lowest BCUT2D eigenvalue weighted by molar-refractivity contribution is 0.112. The van der Waals surface area contributed by atoms with Crippen LogP contribution in [-0.2, 0) is 0 Å². The van der Waals surface area contributed by atoms with Crippen LogP contribution in [0.25, 0.3) is 5.70 Å². The average Bonchev–Trinajstić information content (AvgIpc) is 2.40. The van der Waals surface area contributed by atoms with E-state index in [1.165, 1.54) is 0 Å². The van der Waals surface area contributed by atoms with Gasteiger partial charge in [-0.15, -0.1) is 0 Å². The minimum Gasteiger partial charge on any atom is -0.355 e. The summed E-state index contributed by atoms with van der Waals surface area (Å²) in [4.78, 5) is 10.9. The van der Waals surface area contributed by atoms with Crippen LogP contribution < -0.4 is 5.32 Å². The molecule has 0 saturated heterocycles. The maximum atomic E-state index is 10.9. The van der Waals surface area contributed by atoms with Gasteiger partial charge < -0.3 is 5.32 Å². The van der Waals surface area contributed by atoms with Gasteiger partial charge in [-0.25, -0.2) is 0 Å². The molecule has 0 unspecified atom stereocenters. The van der Waals surface area contributed by atoms with E-state index in [-0.39, 0.29) is 0 Å². The van der Waals surface area contributed by atoms with E-state index >= 15 is 0 Å². The Morgan fingerprint density at radius 2 is 1.65 bits per heavy atom. The molecule has 2 aromatic rings. The first-order valence-electron chi connectivity index (χ1n) is 5.37. The van der Waals surface area contributed by atoms with E-state index in [4.69, 9.17) is 0 Å². The minimum absolute atomic E-state index is 0.629. The van der Waals surface area contributed by atoms with Gasteiger partial charge >= 0.3 is 0 Å². The number of hydrogen-bond donors (Lipinski definition) is 1. The summed E-state index contributed by atoms with van der Waals surface area (Å²) < 4.78 is 0. The van der Waals surface area contributed by atoms with Crippen LogP contribution in [0.3, 0.4) is 0 Å². The molecule has 0 fully saturated rings. The largest absolute Gasteiger partial charge is 0.355 e. The zero-order valence-electron chi connectivity index (χ0n) is 9.39. The van der Waals surface area contributed by atoms with Crippen molar-refractivity contribution in [2.75, 3.05) is 5.32 Å². The molecule has 0 saturated carbocycles. The van der Waals surface area contributed by atoms with Crippen LogP contribution in [0.2, 0.25) is 0 Å². The summed E-state index contributed by atoms with van der Waals surface area (Å²) in [6.45, 7) is 3.97. The highest BCUT2D eigenvalue weighted by atomic mass is 16.1. The molecule has 2 aromatic carbocycles. The third kappa shape index (κ3) is 2.61. The zero-order valence-corrected chi connectivity index (χ0v) is 9.39. The highest BCUT2D eigenvalue weighted by Gasteiger charge is 2.02. The topological polar surface area (TPSA) is 29.1 Å². The van der Waals surface area contributed by atoms with Crippen LogP contribution in [0.5, 0.6) is 0 Å². The number of para-hydroxylation sites is 1. The van der Waals surface area contributed by atoms with E-state index in [0.29, 0.717) is 5.56 Å². The zero-order chi connectivity index (χ0) is 12.1. The normalized spacial score (nSPS) is 9.65. The fourth-order valence-electron chi connectivity index (χ4n) is 1.59. The van der Waals surface area contributed by atoms with Gasteiger partial charge in [0.15, 0.2) is 6.29 Å². The Balaban J connectivity index is 2.22. The van der Waals surface area contributed by atoms with Crippen LogP contribution >= 0.6 is 0 Å². The molecule has 1 N–H and O–H groups in total. The molecule has 0 heterocycles. The molecule has 0 aliphatic carbocycles. The number of carbonyl (C=O) groups is 1. The SMILES string of the molecule is C=C(Nc1ccccc1C=O)c1ccccc1. The molecule has 2 nitrogen and oxygen atoms in total. The first kappa shape index (κ1) is 11.1. The number of rotatable bonds is 4. The second-order valence-electron chi connectivity index (χ2n) is 3.67. The number of aldehydes is 1. The van der Waals surface area contributed by atoms with Gasteiger partial charge in [0, 0.05) is 16.9 Å². The Morgan fingerprint density at radius 1 is 1.00 bits per heavy atom. The standard InChI is InChI=1S/C15H13NO/c1-12(13-7-3-2-4-8-13)16-15-10-6-5-9-14(15)11-17/h2-11,16H,1H2. The smallest absolute Gasteiger partial charge is 0.152 e. The number of benzene rings is 2. The highest BCUT2D eigenvalue weighted by Crippen LogP contribution is 2.19. The van der Waals surface area contributed by atoms with Gasteiger partial charge in [-0.3, -0.25) is 4.79 Å². The van der Waals surface area contributed by atoms with Gasteiger partial charge in [-0.1, -0.05) is 49.0 Å². The van der Waals surface area contributed by atoms with Crippen molar-refractivity contribution in [3.8, 4) is 0 Å². The molecule has 2 heteroatoms. The van der Waals surface area contributed by atoms with Gasteiger partial charge in [0.1, 0.15) is 0 Å². The van der Waals surface area contributed by atoms with E-state index in [1.54, 1.807) is 6.07 Å². The monoisotopic (exact) mass is 223 g/mol. The summed E-state index contributed by atoms with van der Waals surface area (Å²) >= 11 is 0. The van der Waals surface area contributed by atoms with Crippen LogP contribution in [-0.4, -0.2) is 6.29 Å². The summed E-state index contributed by atoms with van der Waals surface area (Å²) in [7, 11) is 0. The molecule has 0 aromatic heterocycles. The number of carbonyl (C=O) groups excluding carboxylic acids is 1. The molecule has 0 amide bonds. The van der Waals surface area contributed by atoms with Crippen molar-refractivity contribution < 1.29 is 4.79 Å². The molecular weight excluding hydrogens is 210 g/mol. The summed E-state index contributed by atoms with van der Waals surface area (Å²) in [5.41, 5.74) is 3.19. The van der Waals surface area contributed by atoms with E-state index in [2.05, 4.69) is 11.9 Å². The maximum absolute atomic E-state index is 10.9. The van der Waals surface area contributed by atoms with Crippen molar-refractivity contribution in [2.45, 2.75) is 0 Å². The van der Waals surface area contributed by atoms with Gasteiger partial charge in [0.05, 0.1) is 0 Å². The van der Waals surface area contributed by atoms with Crippen LogP contribution in [0, 0.1) is 0 Å². The average molecular weight is 223 g/mol. The fraction of sp³-hybridized carbons (Fsp3) is 0. The molecule has 0 bridgehead atoms. The maximum Gasteiger partial charge on any atom is 0.152 e. The summed E-state index contributed by atoms with van der Waals surface area (Å²) in [5.74, 6) is 0. The van der Waals surface area contributed by atoms with E-state index < -0.39 is 0 Å². The Hall–Kier alpha value is -2.35. The number of nitrogens with one attached hydrogen (secondary N) is 1. The predicted octanol–water partition coefficient (Wildman–Crippen LogP) is 3.58. The molecule has 0 atom stereocenters. The second-order valence-corrected chi connectivity index (χ2v) is 3.67. The van der Waals surface area contributed by atoms with Gasteiger partial charge in [0.2, 0.25) is 0 Å².